The van der Waals surface area contributed by atoms with Crippen LogP contribution in [0.25, 0.3) is 11.3 Å². The Morgan fingerprint density at radius 2 is 2.09 bits per heavy atom. The third-order valence-electron chi connectivity index (χ3n) is 8.11. The van der Waals surface area contributed by atoms with Gasteiger partial charge in [-0.05, 0) is 82.2 Å². The molecule has 1 aromatic carbocycles. The number of ether oxygens (including phenoxy) is 1. The first-order valence-corrected chi connectivity index (χ1v) is 15.6. The van der Waals surface area contributed by atoms with Crippen molar-refractivity contribution in [1.82, 2.24) is 15.2 Å². The molecule has 3 atom stereocenters. The van der Waals surface area contributed by atoms with Gasteiger partial charge in [0.25, 0.3) is 0 Å². The van der Waals surface area contributed by atoms with Crippen LogP contribution >= 0.6 is 11.9 Å². The van der Waals surface area contributed by atoms with Crippen LogP contribution in [0.2, 0.25) is 0 Å². The number of benzene rings is 1. The monoisotopic (exact) mass is 612 g/mol. The number of fused-ring (bicyclic) bond motifs is 1. The van der Waals surface area contributed by atoms with Crippen molar-refractivity contribution in [3.8, 4) is 17.0 Å². The number of primary amides is 1. The van der Waals surface area contributed by atoms with E-state index in [1.807, 2.05) is 6.07 Å². The molecule has 1 saturated heterocycles. The number of pyridine rings is 1. The minimum absolute atomic E-state index is 0.0511. The molecule has 0 aliphatic carbocycles. The largest absolute Gasteiger partial charge is 0.485 e. The van der Waals surface area contributed by atoms with Gasteiger partial charge in [-0.15, -0.1) is 0 Å². The first kappa shape index (κ1) is 34.3. The number of amides is 1. The topological polar surface area (TPSA) is 122 Å². The molecule has 3 heterocycles. The van der Waals surface area contributed by atoms with E-state index in [0.717, 1.165) is 61.8 Å². The Hall–Kier alpha value is -3.15. The number of carbonyl (C=O) groups is 2. The third kappa shape index (κ3) is 8.93. The van der Waals surface area contributed by atoms with E-state index in [2.05, 4.69) is 59.0 Å². The van der Waals surface area contributed by atoms with Crippen LogP contribution in [0.1, 0.15) is 69.8 Å². The summed E-state index contributed by atoms with van der Waals surface area (Å²) in [5.41, 5.74) is 7.00. The molecule has 11 heteroatoms. The van der Waals surface area contributed by atoms with Gasteiger partial charge in [0, 0.05) is 29.9 Å². The molecule has 234 valence electrons. The molecule has 1 fully saturated rings. The summed E-state index contributed by atoms with van der Waals surface area (Å²) in [6, 6.07) is 6.37. The highest BCUT2D eigenvalue weighted by Crippen LogP contribution is 2.43. The molecule has 2 aliphatic heterocycles. The lowest BCUT2D eigenvalue weighted by Gasteiger charge is -2.43. The number of nitrogens with zero attached hydrogens (tertiary/aromatic N) is 4. The first-order chi connectivity index (χ1) is 20.3. The van der Waals surface area contributed by atoms with E-state index in [4.69, 9.17) is 10.5 Å². The van der Waals surface area contributed by atoms with Gasteiger partial charge in [-0.1, -0.05) is 33.8 Å². The molecule has 9 nitrogen and oxygen atoms in total. The number of likely N-dealkylation sites (N-methyl/N-ethyl adjacent to an activating group) is 1. The summed E-state index contributed by atoms with van der Waals surface area (Å²) in [5, 5.41) is 2.69. The standard InChI is InChI=1S/C28H35FN4O2S.C4H10N2O/c1-19-13-22-15-24(20-7-8-21(17-34)23(29)14-20)31-16-25(22)35-28(19)9-6-11-33(12-10-28)18-36-32-26(30-5)27(2,3)4;1-3(6-2)4(5)7/h7-8,14-17,19H,5-6,9-13,18H2,1-4H3;3,6H,1-2H3,(H2,5,7)/b32-26-;. The Balaban J connectivity index is 0.000000646. The Kier molecular flexibility index (Phi) is 12.0. The van der Waals surface area contributed by atoms with E-state index >= 15 is 0 Å². The lowest BCUT2D eigenvalue weighted by molar-refractivity contribution is -0.119. The maximum Gasteiger partial charge on any atom is 0.234 e. The highest BCUT2D eigenvalue weighted by molar-refractivity contribution is 7.98. The Morgan fingerprint density at radius 1 is 1.35 bits per heavy atom. The Bertz CT molecular complexity index is 1330. The molecule has 1 spiro atoms. The normalized spacial score (nSPS) is 21.5. The average Bonchev–Trinajstić information content (AvgIpc) is 3.17. The number of rotatable bonds is 7. The summed E-state index contributed by atoms with van der Waals surface area (Å²) in [7, 11) is 1.69. The van der Waals surface area contributed by atoms with E-state index in [9.17, 15) is 14.0 Å². The van der Waals surface area contributed by atoms with Gasteiger partial charge < -0.3 is 15.8 Å². The van der Waals surface area contributed by atoms with Crippen LogP contribution in [-0.4, -0.2) is 72.3 Å². The molecule has 4 rings (SSSR count). The summed E-state index contributed by atoms with van der Waals surface area (Å²) >= 11 is 1.54. The lowest BCUT2D eigenvalue weighted by Crippen LogP contribution is -2.47. The van der Waals surface area contributed by atoms with Crippen LogP contribution < -0.4 is 15.8 Å². The number of aliphatic imine (C=N–C) groups is 1. The molecule has 0 radical (unpaired) electrons. The number of amidine groups is 1. The van der Waals surface area contributed by atoms with Crippen LogP contribution in [0.4, 0.5) is 4.39 Å². The molecule has 2 aliphatic rings. The predicted octanol–water partition coefficient (Wildman–Crippen LogP) is 5.33. The first-order valence-electron chi connectivity index (χ1n) is 14.6. The average molecular weight is 613 g/mol. The van der Waals surface area contributed by atoms with E-state index in [-0.39, 0.29) is 28.5 Å². The van der Waals surface area contributed by atoms with Crippen molar-refractivity contribution in [2.45, 2.75) is 71.9 Å². The molecular weight excluding hydrogens is 567 g/mol. The van der Waals surface area contributed by atoms with Crippen LogP contribution in [0.15, 0.2) is 39.9 Å². The molecule has 0 saturated carbocycles. The fourth-order valence-corrected chi connectivity index (χ4v) is 6.07. The molecule has 43 heavy (non-hydrogen) atoms. The highest BCUT2D eigenvalue weighted by Gasteiger charge is 2.43. The Morgan fingerprint density at radius 3 is 2.67 bits per heavy atom. The quantitative estimate of drug-likeness (QED) is 0.188. The van der Waals surface area contributed by atoms with Crippen LogP contribution in [0, 0.1) is 17.2 Å². The minimum atomic E-state index is -0.534. The fraction of sp³-hybridized carbons (Fsp3) is 0.531. The van der Waals surface area contributed by atoms with Gasteiger partial charge in [0.1, 0.15) is 23.0 Å². The summed E-state index contributed by atoms with van der Waals surface area (Å²) in [6.45, 7) is 15.9. The maximum absolute atomic E-state index is 14.1. The Labute approximate surface area is 259 Å². The second-order valence-corrected chi connectivity index (χ2v) is 13.0. The van der Waals surface area contributed by atoms with Crippen molar-refractivity contribution in [1.29, 1.82) is 0 Å². The molecule has 2 aromatic rings. The zero-order chi connectivity index (χ0) is 31.8. The summed E-state index contributed by atoms with van der Waals surface area (Å²) in [5.74, 6) is 1.91. The summed E-state index contributed by atoms with van der Waals surface area (Å²) in [6.07, 6.45) is 6.19. The number of aldehydes is 1. The van der Waals surface area contributed by atoms with Crippen molar-refractivity contribution in [2.75, 3.05) is 26.0 Å². The van der Waals surface area contributed by atoms with Gasteiger partial charge in [-0.25, -0.2) is 9.38 Å². The number of halogens is 1. The van der Waals surface area contributed by atoms with E-state index < -0.39 is 5.82 Å². The minimum Gasteiger partial charge on any atom is -0.485 e. The third-order valence-corrected chi connectivity index (χ3v) is 8.89. The molecule has 3 N–H and O–H groups in total. The second kappa shape index (κ2) is 15.0. The van der Waals surface area contributed by atoms with Crippen LogP contribution in [-0.2, 0) is 11.2 Å². The molecule has 3 unspecified atom stereocenters. The SMILES string of the molecule is C=N/C(=N\SCN1CCCC2(CC1)Oc1cnc(-c3ccc(C=O)c(F)c3)cc1CC2C)C(C)(C)C.CNC(C)C(N)=O. The lowest BCUT2D eigenvalue weighted by atomic mass is 9.77. The van der Waals surface area contributed by atoms with Gasteiger partial charge in [0.15, 0.2) is 6.29 Å². The number of hydrogen-bond donors (Lipinski definition) is 2. The molecular formula is C32H45FN6O3S. The van der Waals surface area contributed by atoms with Crippen molar-refractivity contribution in [3.05, 3.63) is 47.4 Å². The van der Waals surface area contributed by atoms with Gasteiger partial charge in [0.2, 0.25) is 5.91 Å². The summed E-state index contributed by atoms with van der Waals surface area (Å²) < 4.78 is 25.4. The fourth-order valence-electron chi connectivity index (χ4n) is 5.14. The molecule has 0 bridgehead atoms. The van der Waals surface area contributed by atoms with E-state index in [0.29, 0.717) is 23.5 Å². The van der Waals surface area contributed by atoms with Crippen LogP contribution in [0.5, 0.6) is 5.75 Å². The predicted molar refractivity (Wildman–Crippen MR) is 173 cm³/mol. The molecule has 1 aromatic heterocycles. The smallest absolute Gasteiger partial charge is 0.234 e. The number of nitrogens with two attached hydrogens (primary N) is 1. The van der Waals surface area contributed by atoms with E-state index in [1.54, 1.807) is 26.2 Å². The number of aromatic nitrogens is 1. The number of likely N-dealkylation sites (tertiary alicyclic amines) is 1. The number of hydrogen-bond acceptors (Lipinski definition) is 8. The van der Waals surface area contributed by atoms with E-state index in [1.165, 1.54) is 24.1 Å². The zero-order valence-corrected chi connectivity index (χ0v) is 27.0. The van der Waals surface area contributed by atoms with Crippen molar-refractivity contribution < 1.29 is 18.7 Å². The van der Waals surface area contributed by atoms with Crippen molar-refractivity contribution >= 4 is 36.7 Å². The van der Waals surface area contributed by atoms with Crippen molar-refractivity contribution in [2.24, 2.45) is 26.5 Å². The molecule has 1 amide bonds. The maximum atomic E-state index is 14.1. The van der Waals surface area contributed by atoms with Crippen LogP contribution in [0.3, 0.4) is 0 Å². The van der Waals surface area contributed by atoms with Gasteiger partial charge in [-0.2, -0.15) is 4.40 Å². The highest BCUT2D eigenvalue weighted by atomic mass is 32.2. The number of carbonyl (C=O) groups excluding carboxylic acids is 2. The van der Waals surface area contributed by atoms with Gasteiger partial charge in [-0.3, -0.25) is 19.5 Å². The zero-order valence-electron chi connectivity index (χ0n) is 26.2. The second-order valence-electron chi connectivity index (χ2n) is 12.3. The van der Waals surface area contributed by atoms with Gasteiger partial charge in [0.05, 0.1) is 29.4 Å². The van der Waals surface area contributed by atoms with Crippen molar-refractivity contribution in [3.63, 3.8) is 0 Å². The number of nitrogens with one attached hydrogen (secondary N) is 1. The summed E-state index contributed by atoms with van der Waals surface area (Å²) in [4.78, 5) is 32.1. The van der Waals surface area contributed by atoms with Gasteiger partial charge >= 0.3 is 0 Å².